The summed E-state index contributed by atoms with van der Waals surface area (Å²) < 4.78 is 26.3. The number of nitrogens with one attached hydrogen (secondary N) is 3. The number of ketones is 1. The lowest BCUT2D eigenvalue weighted by molar-refractivity contribution is -0.144. The van der Waals surface area contributed by atoms with E-state index in [9.17, 15) is 32.4 Å². The molecule has 4 fully saturated rings. The van der Waals surface area contributed by atoms with E-state index in [-0.39, 0.29) is 51.6 Å². The van der Waals surface area contributed by atoms with Crippen LogP contribution in [-0.2, 0) is 29.0 Å². The van der Waals surface area contributed by atoms with Crippen molar-refractivity contribution in [2.75, 3.05) is 12.3 Å². The Labute approximate surface area is 283 Å². The first-order chi connectivity index (χ1) is 22.6. The minimum atomic E-state index is -3.70. The molecule has 12 nitrogen and oxygen atoms in total. The van der Waals surface area contributed by atoms with Crippen LogP contribution in [-0.4, -0.2) is 79.3 Å². The van der Waals surface area contributed by atoms with Gasteiger partial charge in [-0.1, -0.05) is 78.0 Å². The quantitative estimate of drug-likeness (QED) is 0.217. The summed E-state index contributed by atoms with van der Waals surface area (Å²) in [7, 11) is -3.70. The lowest BCUT2D eigenvalue weighted by Crippen LogP contribution is -2.61. The molecule has 5 amide bonds. The Kier molecular flexibility index (Phi) is 10.6. The number of rotatable bonds is 14. The highest BCUT2D eigenvalue weighted by atomic mass is 32.2. The summed E-state index contributed by atoms with van der Waals surface area (Å²) in [5, 5.41) is 8.53. The molecule has 1 saturated heterocycles. The van der Waals surface area contributed by atoms with Gasteiger partial charge in [0.1, 0.15) is 12.1 Å². The summed E-state index contributed by atoms with van der Waals surface area (Å²) in [6.07, 6.45) is 6.45. The van der Waals surface area contributed by atoms with E-state index in [1.807, 2.05) is 13.8 Å². The Morgan fingerprint density at radius 3 is 2.17 bits per heavy atom. The van der Waals surface area contributed by atoms with Crippen molar-refractivity contribution in [3.63, 3.8) is 0 Å². The second kappa shape index (κ2) is 14.2. The topological polar surface area (TPSA) is 185 Å². The summed E-state index contributed by atoms with van der Waals surface area (Å²) in [4.78, 5) is 68.2. The number of nitrogens with two attached hydrogens (primary N) is 1. The molecule has 1 heterocycles. The number of amides is 5. The number of hydrogen-bond acceptors (Lipinski definition) is 7. The molecule has 3 aliphatic carbocycles. The number of nitrogens with zero attached hydrogens (tertiary/aromatic N) is 1. The van der Waals surface area contributed by atoms with Gasteiger partial charge in [-0.3, -0.25) is 19.2 Å². The van der Waals surface area contributed by atoms with E-state index in [2.05, 4.69) is 29.8 Å². The van der Waals surface area contributed by atoms with E-state index in [4.69, 9.17) is 5.73 Å². The minimum absolute atomic E-state index is 0.0697. The van der Waals surface area contributed by atoms with Crippen LogP contribution in [0.3, 0.4) is 0 Å². The summed E-state index contributed by atoms with van der Waals surface area (Å²) in [6, 6.07) is 3.90. The number of carbonyl (C=O) groups excluding carboxylic acids is 5. The molecule has 5 rings (SSSR count). The third kappa shape index (κ3) is 7.87. The first-order valence-electron chi connectivity index (χ1n) is 17.4. The number of urea groups is 1. The molecule has 48 heavy (non-hydrogen) atoms. The van der Waals surface area contributed by atoms with Gasteiger partial charge in [-0.25, -0.2) is 13.2 Å². The monoisotopic (exact) mass is 685 g/mol. The Morgan fingerprint density at radius 1 is 0.938 bits per heavy atom. The molecule has 0 spiro atoms. The first-order valence-corrected chi connectivity index (χ1v) is 19.1. The number of benzene rings is 1. The van der Waals surface area contributed by atoms with Crippen molar-refractivity contribution >= 4 is 39.4 Å². The standard InChI is InChI=1S/C35H51N5O7S/c1-20(2)26(19-48(46,47)23-13-9-6-10-14-23)38-34(45)39-28(22-11-7-5-8-12-22)33(44)40-18-24-27(35(24,3)4)29(40)32(43)37-25(17-21-15-16-21)30(41)31(36)42/h6,9-10,13-14,20-22,24-29H,5,7-8,11-12,15-19H2,1-4H3,(H2,36,42)(H,37,43)(H2,38,39,45)/t24?,25?,26-,27?,28+,29+/m1/s1. The van der Waals surface area contributed by atoms with Gasteiger partial charge in [0.25, 0.3) is 5.91 Å². The van der Waals surface area contributed by atoms with E-state index in [1.54, 1.807) is 23.1 Å². The fourth-order valence-corrected chi connectivity index (χ4v) is 9.61. The van der Waals surface area contributed by atoms with Gasteiger partial charge in [0, 0.05) is 12.6 Å². The number of fused-ring (bicyclic) bond motifs is 1. The maximum absolute atomic E-state index is 14.5. The molecular weight excluding hydrogens is 634 g/mol. The summed E-state index contributed by atoms with van der Waals surface area (Å²) >= 11 is 0. The Balaban J connectivity index is 1.34. The molecular formula is C35H51N5O7S. The molecule has 1 aromatic carbocycles. The van der Waals surface area contributed by atoms with E-state index < -0.39 is 57.6 Å². The van der Waals surface area contributed by atoms with Gasteiger partial charge in [-0.2, -0.15) is 0 Å². The van der Waals surface area contributed by atoms with Crippen LogP contribution in [0.5, 0.6) is 0 Å². The van der Waals surface area contributed by atoms with Crippen LogP contribution < -0.4 is 21.7 Å². The Hall–Kier alpha value is -3.48. The van der Waals surface area contributed by atoms with Crippen molar-refractivity contribution in [1.82, 2.24) is 20.9 Å². The molecule has 4 aliphatic rings. The normalized spacial score (nSPS) is 25.4. The van der Waals surface area contributed by atoms with Crippen LogP contribution >= 0.6 is 0 Å². The molecule has 0 radical (unpaired) electrons. The minimum Gasteiger partial charge on any atom is -0.363 e. The molecule has 264 valence electrons. The van der Waals surface area contributed by atoms with E-state index in [0.29, 0.717) is 13.0 Å². The number of sulfone groups is 1. The van der Waals surface area contributed by atoms with Crippen LogP contribution in [0.15, 0.2) is 35.2 Å². The Morgan fingerprint density at radius 2 is 1.58 bits per heavy atom. The average Bonchev–Trinajstić information content (AvgIpc) is 3.90. The van der Waals surface area contributed by atoms with Gasteiger partial charge in [0.2, 0.25) is 17.6 Å². The third-order valence-electron chi connectivity index (χ3n) is 11.2. The SMILES string of the molecule is CC(C)[C@@H](CS(=O)(=O)c1ccccc1)NC(=O)N[C@H](C(=O)N1CC2C([C@H]1C(=O)NC(CC1CC1)C(=O)C(N)=O)C2(C)C)C1CCCCC1. The maximum atomic E-state index is 14.5. The second-order valence-corrected chi connectivity index (χ2v) is 17.3. The van der Waals surface area contributed by atoms with Crippen LogP contribution in [0.2, 0.25) is 0 Å². The summed E-state index contributed by atoms with van der Waals surface area (Å²) in [6.45, 7) is 8.11. The van der Waals surface area contributed by atoms with Gasteiger partial charge in [0.15, 0.2) is 9.84 Å². The molecule has 1 aromatic rings. The zero-order chi connectivity index (χ0) is 35.0. The maximum Gasteiger partial charge on any atom is 0.315 e. The molecule has 0 aromatic heterocycles. The van der Waals surface area contributed by atoms with E-state index in [0.717, 1.165) is 44.9 Å². The lowest BCUT2D eigenvalue weighted by Gasteiger charge is -2.37. The zero-order valence-corrected chi connectivity index (χ0v) is 29.3. The fraction of sp³-hybridized carbons (Fsp3) is 0.686. The van der Waals surface area contributed by atoms with Crippen LogP contribution in [0.4, 0.5) is 4.79 Å². The van der Waals surface area contributed by atoms with Gasteiger partial charge >= 0.3 is 6.03 Å². The number of carbonyl (C=O) groups is 5. The van der Waals surface area contributed by atoms with E-state index in [1.165, 1.54) is 12.1 Å². The smallest absolute Gasteiger partial charge is 0.315 e. The molecule has 0 bridgehead atoms. The highest BCUT2D eigenvalue weighted by Crippen LogP contribution is 2.65. The molecule has 3 saturated carbocycles. The zero-order valence-electron chi connectivity index (χ0n) is 28.4. The van der Waals surface area contributed by atoms with Crippen LogP contribution in [0.25, 0.3) is 0 Å². The molecule has 5 N–H and O–H groups in total. The van der Waals surface area contributed by atoms with Crippen LogP contribution in [0, 0.1) is 35.0 Å². The fourth-order valence-electron chi connectivity index (χ4n) is 7.90. The molecule has 13 heteroatoms. The summed E-state index contributed by atoms with van der Waals surface area (Å²) in [5.41, 5.74) is 5.12. The van der Waals surface area contributed by atoms with Crippen molar-refractivity contribution in [2.45, 2.75) is 108 Å². The van der Waals surface area contributed by atoms with Gasteiger partial charge in [-0.15, -0.1) is 0 Å². The summed E-state index contributed by atoms with van der Waals surface area (Å²) in [5.74, 6) is -3.30. The number of likely N-dealkylation sites (tertiary alicyclic amines) is 1. The number of Topliss-reactive ketones (excluding diaryl/α,β-unsaturated/α-hetero) is 1. The van der Waals surface area contributed by atoms with Crippen molar-refractivity contribution in [1.29, 1.82) is 0 Å². The molecule has 3 unspecified atom stereocenters. The first kappa shape index (κ1) is 35.8. The predicted molar refractivity (Wildman–Crippen MR) is 179 cm³/mol. The van der Waals surface area contributed by atoms with Gasteiger partial charge in [0.05, 0.1) is 16.7 Å². The van der Waals surface area contributed by atoms with Crippen molar-refractivity contribution < 1.29 is 32.4 Å². The third-order valence-corrected chi connectivity index (χ3v) is 13.0. The predicted octanol–water partition coefficient (Wildman–Crippen LogP) is 2.56. The van der Waals surface area contributed by atoms with Crippen LogP contribution in [0.1, 0.15) is 79.1 Å². The molecule has 6 atom stereocenters. The van der Waals surface area contributed by atoms with Crippen molar-refractivity contribution in [2.24, 2.45) is 40.7 Å². The number of hydrogen-bond donors (Lipinski definition) is 4. The van der Waals surface area contributed by atoms with E-state index >= 15 is 0 Å². The highest BCUT2D eigenvalue weighted by Gasteiger charge is 2.69. The molecule has 1 aliphatic heterocycles. The number of primary amides is 1. The average molecular weight is 686 g/mol. The highest BCUT2D eigenvalue weighted by molar-refractivity contribution is 7.91. The second-order valence-electron chi connectivity index (χ2n) is 15.3. The van der Waals surface area contributed by atoms with Crippen molar-refractivity contribution in [3.8, 4) is 0 Å². The lowest BCUT2D eigenvalue weighted by atomic mass is 9.83. The number of piperidine rings is 1. The van der Waals surface area contributed by atoms with Crippen molar-refractivity contribution in [3.05, 3.63) is 30.3 Å². The Bertz CT molecular complexity index is 1500. The largest absolute Gasteiger partial charge is 0.363 e. The van der Waals surface area contributed by atoms with Gasteiger partial charge < -0.3 is 26.6 Å². The van der Waals surface area contributed by atoms with Gasteiger partial charge in [-0.05, 0) is 66.4 Å².